The molecule has 1 N–H and O–H groups in total. The molecule has 230 valence electrons. The molecule has 0 atom stereocenters. The molecule has 0 aliphatic heterocycles. The minimum atomic E-state index is -0.936. The maximum atomic E-state index is 14.1. The molecule has 5 rings (SSSR count). The lowest BCUT2D eigenvalue weighted by Crippen LogP contribution is -2.33. The largest absolute Gasteiger partial charge is 0.480 e. The number of aromatic nitrogens is 2. The monoisotopic (exact) mass is 621 g/mol. The molecule has 8 nitrogen and oxygen atoms in total. The van der Waals surface area contributed by atoms with Crippen molar-refractivity contribution in [1.29, 1.82) is 0 Å². The van der Waals surface area contributed by atoms with Crippen molar-refractivity contribution in [3.63, 3.8) is 0 Å². The van der Waals surface area contributed by atoms with Gasteiger partial charge in [0.2, 0.25) is 5.91 Å². The first-order chi connectivity index (χ1) is 21.9. The Morgan fingerprint density at radius 1 is 0.867 bits per heavy atom. The lowest BCUT2D eigenvalue weighted by atomic mass is 9.88. The van der Waals surface area contributed by atoms with Crippen LogP contribution in [0.2, 0.25) is 0 Å². The number of amides is 1. The van der Waals surface area contributed by atoms with Gasteiger partial charge in [-0.1, -0.05) is 84.6 Å². The Morgan fingerprint density at radius 3 is 2.11 bits per heavy atom. The van der Waals surface area contributed by atoms with E-state index in [1.165, 1.54) is 11.8 Å². The summed E-state index contributed by atoms with van der Waals surface area (Å²) in [5.74, 6) is -0.898. The van der Waals surface area contributed by atoms with Crippen molar-refractivity contribution in [2.75, 3.05) is 23.8 Å². The SMILES string of the molecule is CCOC(=O)c1ccc(N(CCCSc2nc3ccccc3n2CC(=O)O)C(=O)CC(c2ccccc2)c2ccccc2)cc1. The second-order valence-corrected chi connectivity index (χ2v) is 11.5. The number of carbonyl (C=O) groups is 3. The third-order valence-electron chi connectivity index (χ3n) is 7.44. The summed E-state index contributed by atoms with van der Waals surface area (Å²) in [6.07, 6.45) is 0.892. The highest BCUT2D eigenvalue weighted by Gasteiger charge is 2.24. The normalized spacial score (nSPS) is 11.1. The number of fused-ring (bicyclic) bond motifs is 1. The third-order valence-corrected chi connectivity index (χ3v) is 8.51. The highest BCUT2D eigenvalue weighted by molar-refractivity contribution is 7.99. The molecule has 0 aliphatic rings. The van der Waals surface area contributed by atoms with Crippen LogP contribution < -0.4 is 4.90 Å². The van der Waals surface area contributed by atoms with E-state index in [0.717, 1.165) is 22.2 Å². The number of nitrogens with zero attached hydrogens (tertiary/aromatic N) is 3. The van der Waals surface area contributed by atoms with Crippen molar-refractivity contribution in [3.8, 4) is 0 Å². The predicted molar refractivity (Wildman–Crippen MR) is 177 cm³/mol. The molecule has 0 spiro atoms. The van der Waals surface area contributed by atoms with Gasteiger partial charge in [0.05, 0.1) is 23.2 Å². The lowest BCUT2D eigenvalue weighted by molar-refractivity contribution is -0.137. The zero-order chi connectivity index (χ0) is 31.6. The maximum Gasteiger partial charge on any atom is 0.338 e. The van der Waals surface area contributed by atoms with Crippen LogP contribution in [0.3, 0.4) is 0 Å². The standard InChI is InChI=1S/C36H35N3O5S/c1-2-44-35(43)28-18-20-29(21-19-28)38(33(40)24-30(26-12-5-3-6-13-26)27-14-7-4-8-15-27)22-11-23-45-36-37-31-16-9-10-17-32(31)39(36)25-34(41)42/h3-10,12-21,30H,2,11,22-25H2,1H3,(H,41,42). The van der Waals surface area contributed by atoms with Crippen LogP contribution in [0.25, 0.3) is 11.0 Å². The number of hydrogen-bond acceptors (Lipinski definition) is 6. The Balaban J connectivity index is 1.36. The molecule has 0 aliphatic carbocycles. The van der Waals surface area contributed by atoms with Crippen molar-refractivity contribution in [3.05, 3.63) is 126 Å². The quantitative estimate of drug-likeness (QED) is 0.0807. The van der Waals surface area contributed by atoms with Crippen LogP contribution in [0.15, 0.2) is 114 Å². The summed E-state index contributed by atoms with van der Waals surface area (Å²) in [6, 6.07) is 34.5. The molecule has 0 unspecified atom stereocenters. The molecule has 1 aromatic heterocycles. The smallest absolute Gasteiger partial charge is 0.338 e. The van der Waals surface area contributed by atoms with Crippen LogP contribution >= 0.6 is 11.8 Å². The van der Waals surface area contributed by atoms with Gasteiger partial charge < -0.3 is 19.3 Å². The van der Waals surface area contributed by atoms with Gasteiger partial charge in [-0.2, -0.15) is 0 Å². The number of hydrogen-bond donors (Lipinski definition) is 1. The summed E-state index contributed by atoms with van der Waals surface area (Å²) in [5, 5.41) is 10.1. The van der Waals surface area contributed by atoms with Gasteiger partial charge in [-0.3, -0.25) is 9.59 Å². The summed E-state index contributed by atoms with van der Waals surface area (Å²) in [5.41, 5.74) is 4.75. The zero-order valence-electron chi connectivity index (χ0n) is 25.0. The molecule has 0 radical (unpaired) electrons. The van der Waals surface area contributed by atoms with Crippen LogP contribution in [0.5, 0.6) is 0 Å². The van der Waals surface area contributed by atoms with Gasteiger partial charge >= 0.3 is 11.9 Å². The average Bonchev–Trinajstić information content (AvgIpc) is 3.41. The number of ether oxygens (including phenoxy) is 1. The van der Waals surface area contributed by atoms with Gasteiger partial charge in [0.1, 0.15) is 6.54 Å². The van der Waals surface area contributed by atoms with E-state index in [0.29, 0.717) is 35.1 Å². The highest BCUT2D eigenvalue weighted by atomic mass is 32.2. The molecule has 0 bridgehead atoms. The summed E-state index contributed by atoms with van der Waals surface area (Å²) < 4.78 is 6.85. The number of para-hydroxylation sites is 2. The summed E-state index contributed by atoms with van der Waals surface area (Å²) >= 11 is 1.47. The van der Waals surface area contributed by atoms with Gasteiger partial charge in [-0.05, 0) is 60.9 Å². The molecule has 0 saturated carbocycles. The molecule has 0 fully saturated rings. The first kappa shape index (κ1) is 31.5. The number of imidazole rings is 1. The van der Waals surface area contributed by atoms with E-state index >= 15 is 0 Å². The average molecular weight is 622 g/mol. The van der Waals surface area contributed by atoms with Gasteiger partial charge in [-0.25, -0.2) is 9.78 Å². The van der Waals surface area contributed by atoms with E-state index in [1.807, 2.05) is 84.9 Å². The Bertz CT molecular complexity index is 1700. The van der Waals surface area contributed by atoms with Gasteiger partial charge in [-0.15, -0.1) is 0 Å². The second kappa shape index (κ2) is 15.2. The Labute approximate surface area is 266 Å². The topological polar surface area (TPSA) is 102 Å². The molecule has 1 amide bonds. The fourth-order valence-electron chi connectivity index (χ4n) is 5.31. The van der Waals surface area contributed by atoms with Gasteiger partial charge in [0, 0.05) is 30.3 Å². The van der Waals surface area contributed by atoms with Gasteiger partial charge in [0.25, 0.3) is 0 Å². The van der Waals surface area contributed by atoms with E-state index in [4.69, 9.17) is 4.74 Å². The third kappa shape index (κ3) is 7.99. The number of rotatable bonds is 14. The van der Waals surface area contributed by atoms with E-state index in [-0.39, 0.29) is 31.4 Å². The highest BCUT2D eigenvalue weighted by Crippen LogP contribution is 2.31. The maximum absolute atomic E-state index is 14.1. The number of aliphatic carboxylic acids is 1. The van der Waals surface area contributed by atoms with E-state index in [9.17, 15) is 19.5 Å². The minimum Gasteiger partial charge on any atom is -0.480 e. The number of carbonyl (C=O) groups excluding carboxylic acids is 2. The van der Waals surface area contributed by atoms with Crippen LogP contribution in [0.1, 0.15) is 47.2 Å². The Hall–Kier alpha value is -4.89. The summed E-state index contributed by atoms with van der Waals surface area (Å²) in [7, 11) is 0. The molecule has 9 heteroatoms. The molecule has 5 aromatic rings. The van der Waals surface area contributed by atoms with Crippen molar-refractivity contribution in [2.24, 2.45) is 0 Å². The first-order valence-corrected chi connectivity index (χ1v) is 15.9. The van der Waals surface area contributed by atoms with Crippen molar-refractivity contribution in [2.45, 2.75) is 37.4 Å². The Morgan fingerprint density at radius 2 is 1.49 bits per heavy atom. The Kier molecular flexibility index (Phi) is 10.7. The number of thioether (sulfide) groups is 1. The molecule has 4 aromatic carbocycles. The lowest BCUT2D eigenvalue weighted by Gasteiger charge is -2.26. The fraction of sp³-hybridized carbons (Fsp3) is 0.222. The molecular weight excluding hydrogens is 586 g/mol. The number of carboxylic acids is 1. The van der Waals surface area contributed by atoms with Crippen LogP contribution in [-0.2, 0) is 20.9 Å². The van der Waals surface area contributed by atoms with Crippen LogP contribution in [-0.4, -0.2) is 51.4 Å². The van der Waals surface area contributed by atoms with Crippen molar-refractivity contribution in [1.82, 2.24) is 9.55 Å². The van der Waals surface area contributed by atoms with Crippen LogP contribution in [0, 0.1) is 0 Å². The van der Waals surface area contributed by atoms with E-state index in [1.54, 1.807) is 40.7 Å². The zero-order valence-corrected chi connectivity index (χ0v) is 25.9. The van der Waals surface area contributed by atoms with Crippen LogP contribution in [0.4, 0.5) is 5.69 Å². The first-order valence-electron chi connectivity index (χ1n) is 14.9. The van der Waals surface area contributed by atoms with E-state index in [2.05, 4.69) is 4.98 Å². The van der Waals surface area contributed by atoms with Gasteiger partial charge in [0.15, 0.2) is 5.16 Å². The number of anilines is 1. The molecular formula is C36H35N3O5S. The number of carboxylic acid groups (broad SMARTS) is 1. The summed E-state index contributed by atoms with van der Waals surface area (Å²) in [4.78, 5) is 44.4. The molecule has 0 saturated heterocycles. The van der Waals surface area contributed by atoms with E-state index < -0.39 is 11.9 Å². The number of benzene rings is 4. The van der Waals surface area contributed by atoms with Crippen molar-refractivity contribution < 1.29 is 24.2 Å². The summed E-state index contributed by atoms with van der Waals surface area (Å²) in [6.45, 7) is 2.29. The predicted octanol–water partition coefficient (Wildman–Crippen LogP) is 7.04. The minimum absolute atomic E-state index is 0.0419. The second-order valence-electron chi connectivity index (χ2n) is 10.5. The molecule has 1 heterocycles. The fourth-order valence-corrected chi connectivity index (χ4v) is 6.25. The van der Waals surface area contributed by atoms with Crippen molar-refractivity contribution >= 4 is 46.3 Å². The number of esters is 1. The molecule has 45 heavy (non-hydrogen) atoms.